The Morgan fingerprint density at radius 1 is 1.47 bits per heavy atom. The average molecular weight is 307 g/mol. The van der Waals surface area contributed by atoms with Crippen LogP contribution in [0.2, 0.25) is 0 Å². The molecular weight excluding hydrogens is 298 g/mol. The van der Waals surface area contributed by atoms with Crippen LogP contribution in [-0.4, -0.2) is 23.9 Å². The number of benzene rings is 1. The van der Waals surface area contributed by atoms with E-state index >= 15 is 0 Å². The van der Waals surface area contributed by atoms with E-state index in [1.165, 1.54) is 23.1 Å². The van der Waals surface area contributed by atoms with Gasteiger partial charge in [0.15, 0.2) is 0 Å². The molecule has 1 saturated heterocycles. The average Bonchev–Trinajstić information content (AvgIpc) is 2.58. The second kappa shape index (κ2) is 4.21. The molecular formula is C10H9BrF2N2O2. The van der Waals surface area contributed by atoms with E-state index in [0.29, 0.717) is 4.47 Å². The maximum absolute atomic E-state index is 13.1. The van der Waals surface area contributed by atoms with Crippen molar-refractivity contribution in [2.45, 2.75) is 12.3 Å². The number of halogens is 3. The van der Waals surface area contributed by atoms with E-state index in [1.807, 2.05) is 0 Å². The molecule has 1 heterocycles. The van der Waals surface area contributed by atoms with Gasteiger partial charge in [-0.25, -0.2) is 8.78 Å². The monoisotopic (exact) mass is 306 g/mol. The first-order valence-corrected chi connectivity index (χ1v) is 5.75. The Bertz CT molecular complexity index is 468. The molecule has 1 aliphatic rings. The molecule has 0 aliphatic carbocycles. The maximum atomic E-state index is 13.1. The highest BCUT2D eigenvalue weighted by Gasteiger charge is 2.40. The topological polar surface area (TPSA) is 46.4 Å². The van der Waals surface area contributed by atoms with E-state index in [2.05, 4.69) is 15.9 Å². The summed E-state index contributed by atoms with van der Waals surface area (Å²) in [6, 6.07) is 4.34. The zero-order valence-corrected chi connectivity index (χ0v) is 10.3. The van der Waals surface area contributed by atoms with Crippen LogP contribution in [0.1, 0.15) is 6.42 Å². The highest BCUT2D eigenvalue weighted by atomic mass is 79.9. The van der Waals surface area contributed by atoms with Crippen molar-refractivity contribution in [2.24, 2.45) is 0 Å². The first kappa shape index (κ1) is 12.2. The van der Waals surface area contributed by atoms with Gasteiger partial charge in [0.05, 0.1) is 11.5 Å². The lowest BCUT2D eigenvalue weighted by atomic mass is 10.2. The quantitative estimate of drug-likeness (QED) is 0.622. The van der Waals surface area contributed by atoms with Crippen molar-refractivity contribution in [3.05, 3.63) is 32.8 Å². The van der Waals surface area contributed by atoms with Gasteiger partial charge in [-0.3, -0.25) is 10.1 Å². The van der Waals surface area contributed by atoms with Gasteiger partial charge in [-0.15, -0.1) is 0 Å². The van der Waals surface area contributed by atoms with Gasteiger partial charge in [-0.05, 0) is 12.1 Å². The fraction of sp³-hybridized carbons (Fsp3) is 0.400. The third-order valence-corrected chi connectivity index (χ3v) is 3.14. The van der Waals surface area contributed by atoms with E-state index in [4.69, 9.17) is 0 Å². The predicted octanol–water partition coefficient (Wildman–Crippen LogP) is 3.20. The number of hydrogen-bond acceptors (Lipinski definition) is 3. The molecule has 2 rings (SSSR count). The predicted molar refractivity (Wildman–Crippen MR) is 62.6 cm³/mol. The zero-order chi connectivity index (χ0) is 12.6. The van der Waals surface area contributed by atoms with Gasteiger partial charge in [-0.1, -0.05) is 15.9 Å². The Labute approximate surface area is 104 Å². The van der Waals surface area contributed by atoms with Crippen LogP contribution in [-0.2, 0) is 0 Å². The summed E-state index contributed by atoms with van der Waals surface area (Å²) in [6.45, 7) is -0.339. The Kier molecular flexibility index (Phi) is 3.03. The molecule has 1 aromatic carbocycles. The Morgan fingerprint density at radius 3 is 2.71 bits per heavy atom. The summed E-state index contributed by atoms with van der Waals surface area (Å²) >= 11 is 3.18. The number of nitrogens with zero attached hydrogens (tertiary/aromatic N) is 2. The Balaban J connectivity index is 2.38. The summed E-state index contributed by atoms with van der Waals surface area (Å²) in [5, 5.41) is 10.8. The van der Waals surface area contributed by atoms with Gasteiger partial charge in [0.1, 0.15) is 5.69 Å². The van der Waals surface area contributed by atoms with Crippen molar-refractivity contribution in [1.82, 2.24) is 0 Å². The summed E-state index contributed by atoms with van der Waals surface area (Å²) in [4.78, 5) is 11.6. The van der Waals surface area contributed by atoms with Crippen LogP contribution in [0.15, 0.2) is 22.7 Å². The first-order chi connectivity index (χ1) is 7.89. The minimum absolute atomic E-state index is 0.129. The van der Waals surface area contributed by atoms with Crippen molar-refractivity contribution >= 4 is 27.3 Å². The van der Waals surface area contributed by atoms with Crippen molar-refractivity contribution in [1.29, 1.82) is 0 Å². The number of nitro groups is 1. The molecule has 1 fully saturated rings. The molecule has 0 spiro atoms. The van der Waals surface area contributed by atoms with Crippen LogP contribution in [0.4, 0.5) is 20.2 Å². The SMILES string of the molecule is O=[N+]([O-])c1ccc(Br)cc1N1CCC(F)(F)C1. The first-order valence-electron chi connectivity index (χ1n) is 4.96. The second-order valence-electron chi connectivity index (χ2n) is 3.92. The highest BCUT2D eigenvalue weighted by molar-refractivity contribution is 9.10. The highest BCUT2D eigenvalue weighted by Crippen LogP contribution is 2.37. The smallest absolute Gasteiger partial charge is 0.292 e. The van der Waals surface area contributed by atoms with Crippen LogP contribution >= 0.6 is 15.9 Å². The van der Waals surface area contributed by atoms with Gasteiger partial charge in [0.2, 0.25) is 0 Å². The van der Waals surface area contributed by atoms with E-state index in [9.17, 15) is 18.9 Å². The lowest BCUT2D eigenvalue weighted by molar-refractivity contribution is -0.384. The van der Waals surface area contributed by atoms with Gasteiger partial charge in [0.25, 0.3) is 11.6 Å². The summed E-state index contributed by atoms with van der Waals surface area (Å²) in [5.74, 6) is -2.77. The number of rotatable bonds is 2. The van der Waals surface area contributed by atoms with E-state index in [0.717, 1.165) is 0 Å². The lowest BCUT2D eigenvalue weighted by Gasteiger charge is -2.18. The Morgan fingerprint density at radius 2 is 2.18 bits per heavy atom. The molecule has 0 amide bonds. The molecule has 1 aromatic rings. The normalized spacial score (nSPS) is 18.4. The lowest BCUT2D eigenvalue weighted by Crippen LogP contribution is -2.25. The summed E-state index contributed by atoms with van der Waals surface area (Å²) in [6.07, 6.45) is -0.267. The summed E-state index contributed by atoms with van der Waals surface area (Å²) < 4.78 is 26.8. The minimum atomic E-state index is -2.77. The third-order valence-electron chi connectivity index (χ3n) is 2.64. The molecule has 0 saturated carbocycles. The molecule has 0 unspecified atom stereocenters. The Hall–Kier alpha value is -1.24. The van der Waals surface area contributed by atoms with Gasteiger partial charge in [0, 0.05) is 23.5 Å². The van der Waals surface area contributed by atoms with Crippen molar-refractivity contribution in [2.75, 3.05) is 18.0 Å². The molecule has 17 heavy (non-hydrogen) atoms. The van der Waals surface area contributed by atoms with Crippen LogP contribution in [0.25, 0.3) is 0 Å². The van der Waals surface area contributed by atoms with Crippen molar-refractivity contribution in [3.8, 4) is 0 Å². The van der Waals surface area contributed by atoms with Gasteiger partial charge < -0.3 is 4.90 Å². The molecule has 0 bridgehead atoms. The summed E-state index contributed by atoms with van der Waals surface area (Å²) in [5.41, 5.74) is 0.0902. The largest absolute Gasteiger partial charge is 0.360 e. The van der Waals surface area contributed by atoms with Crippen LogP contribution < -0.4 is 4.90 Å². The number of hydrogen-bond donors (Lipinski definition) is 0. The van der Waals surface area contributed by atoms with E-state index in [1.54, 1.807) is 0 Å². The molecule has 0 atom stereocenters. The van der Waals surface area contributed by atoms with Gasteiger partial charge >= 0.3 is 0 Å². The molecule has 1 aliphatic heterocycles. The number of nitro benzene ring substituents is 1. The minimum Gasteiger partial charge on any atom is -0.360 e. The molecule has 0 aromatic heterocycles. The number of alkyl halides is 2. The molecule has 7 heteroatoms. The summed E-state index contributed by atoms with van der Waals surface area (Å²) in [7, 11) is 0. The zero-order valence-electron chi connectivity index (χ0n) is 8.70. The fourth-order valence-corrected chi connectivity index (χ4v) is 2.19. The molecule has 0 N–H and O–H groups in total. The second-order valence-corrected chi connectivity index (χ2v) is 4.83. The van der Waals surface area contributed by atoms with Crippen LogP contribution in [0, 0.1) is 10.1 Å². The molecule has 4 nitrogen and oxygen atoms in total. The van der Waals surface area contributed by atoms with Crippen LogP contribution in [0.3, 0.4) is 0 Å². The van der Waals surface area contributed by atoms with E-state index in [-0.39, 0.29) is 24.3 Å². The van der Waals surface area contributed by atoms with E-state index < -0.39 is 17.4 Å². The maximum Gasteiger partial charge on any atom is 0.292 e. The number of anilines is 1. The molecule has 0 radical (unpaired) electrons. The standard InChI is InChI=1S/C10H9BrF2N2O2/c11-7-1-2-8(15(16)17)9(5-7)14-4-3-10(12,13)6-14/h1-2,5H,3-4,6H2. The van der Waals surface area contributed by atoms with Crippen LogP contribution in [0.5, 0.6) is 0 Å². The fourth-order valence-electron chi connectivity index (χ4n) is 1.85. The molecule has 92 valence electrons. The van der Waals surface area contributed by atoms with Gasteiger partial charge in [-0.2, -0.15) is 0 Å². The third kappa shape index (κ3) is 2.54. The van der Waals surface area contributed by atoms with Crippen molar-refractivity contribution in [3.63, 3.8) is 0 Å². The van der Waals surface area contributed by atoms with Crippen molar-refractivity contribution < 1.29 is 13.7 Å².